The van der Waals surface area contributed by atoms with Crippen LogP contribution in [0.3, 0.4) is 0 Å². The highest BCUT2D eigenvalue weighted by Crippen LogP contribution is 2.23. The van der Waals surface area contributed by atoms with Gasteiger partial charge in [-0.05, 0) is 24.3 Å². The average molecular weight is 289 g/mol. The molecule has 0 spiro atoms. The molecule has 0 saturated carbocycles. The number of methoxy groups -OCH3 is 1. The Balaban J connectivity index is 2.14. The van der Waals surface area contributed by atoms with Crippen LogP contribution in [0.5, 0.6) is 0 Å². The van der Waals surface area contributed by atoms with Gasteiger partial charge in [-0.2, -0.15) is 0 Å². The summed E-state index contributed by atoms with van der Waals surface area (Å²) in [5, 5.41) is 8.76. The number of hydrogen-bond donors (Lipinski definition) is 2. The highest BCUT2D eigenvalue weighted by atomic mass is 16.5. The summed E-state index contributed by atoms with van der Waals surface area (Å²) in [7, 11) is 1.32. The summed E-state index contributed by atoms with van der Waals surface area (Å²) in [6.07, 6.45) is 0.121. The number of ether oxygens (including phenoxy) is 1. The van der Waals surface area contributed by atoms with Crippen molar-refractivity contribution in [3.63, 3.8) is 0 Å². The van der Waals surface area contributed by atoms with Crippen LogP contribution in [0, 0.1) is 0 Å². The van der Waals surface area contributed by atoms with Crippen LogP contribution in [0.15, 0.2) is 40.8 Å². The Morgan fingerprint density at radius 1 is 1.24 bits per heavy atom. The van der Waals surface area contributed by atoms with E-state index >= 15 is 0 Å². The van der Waals surface area contributed by atoms with E-state index in [2.05, 4.69) is 4.74 Å². The normalized spacial score (nSPS) is 11.9. The highest BCUT2D eigenvalue weighted by molar-refractivity contribution is 5.89. The zero-order valence-corrected chi connectivity index (χ0v) is 11.4. The summed E-state index contributed by atoms with van der Waals surface area (Å²) in [5.74, 6) is -0.402. The van der Waals surface area contributed by atoms with Crippen LogP contribution in [0.2, 0.25) is 0 Å². The topological polar surface area (TPSA) is 103 Å². The number of esters is 1. The van der Waals surface area contributed by atoms with Crippen molar-refractivity contribution in [2.75, 3.05) is 7.11 Å². The second kappa shape index (κ2) is 6.23. The van der Waals surface area contributed by atoms with Crippen molar-refractivity contribution >= 4 is 11.9 Å². The fraction of sp³-hybridized carbons (Fsp3) is 0.200. The fourth-order valence-electron chi connectivity index (χ4n) is 1.84. The summed E-state index contributed by atoms with van der Waals surface area (Å²) in [6, 6.07) is 9.14. The molecule has 1 atom stereocenters. The molecule has 0 aliphatic rings. The maximum Gasteiger partial charge on any atom is 0.337 e. The van der Waals surface area contributed by atoms with Crippen molar-refractivity contribution in [1.29, 1.82) is 0 Å². The first-order chi connectivity index (χ1) is 10.0. The van der Waals surface area contributed by atoms with Gasteiger partial charge < -0.3 is 20.0 Å². The molecule has 0 aliphatic carbocycles. The lowest BCUT2D eigenvalue weighted by molar-refractivity contribution is -0.138. The van der Waals surface area contributed by atoms with Gasteiger partial charge in [0.1, 0.15) is 17.6 Å². The van der Waals surface area contributed by atoms with Crippen LogP contribution < -0.4 is 5.73 Å². The van der Waals surface area contributed by atoms with Gasteiger partial charge in [0.15, 0.2) is 0 Å². The lowest BCUT2D eigenvalue weighted by Gasteiger charge is -2.03. The van der Waals surface area contributed by atoms with Gasteiger partial charge in [-0.25, -0.2) is 4.79 Å². The monoisotopic (exact) mass is 289 g/mol. The number of furan rings is 1. The Labute approximate surface area is 121 Å². The summed E-state index contributed by atoms with van der Waals surface area (Å²) in [4.78, 5) is 22.0. The van der Waals surface area contributed by atoms with E-state index in [0.717, 1.165) is 5.56 Å². The van der Waals surface area contributed by atoms with Gasteiger partial charge in [0.25, 0.3) is 0 Å². The van der Waals surface area contributed by atoms with Crippen molar-refractivity contribution in [2.24, 2.45) is 5.73 Å². The second-order valence-electron chi connectivity index (χ2n) is 4.48. The average Bonchev–Trinajstić information content (AvgIpc) is 2.95. The quantitative estimate of drug-likeness (QED) is 0.812. The molecule has 0 bridgehead atoms. The predicted molar refractivity (Wildman–Crippen MR) is 74.8 cm³/mol. The van der Waals surface area contributed by atoms with Gasteiger partial charge in [0.2, 0.25) is 0 Å². The first kappa shape index (κ1) is 14.8. The predicted octanol–water partition coefficient (Wildman–Crippen LogP) is 1.69. The number of aliphatic carboxylic acids is 1. The molecular formula is C15H15NO5. The second-order valence-corrected chi connectivity index (χ2v) is 4.48. The molecule has 6 heteroatoms. The summed E-state index contributed by atoms with van der Waals surface area (Å²) < 4.78 is 10.2. The van der Waals surface area contributed by atoms with E-state index in [1.165, 1.54) is 7.11 Å². The molecule has 1 unspecified atom stereocenters. The first-order valence-electron chi connectivity index (χ1n) is 6.27. The molecule has 3 N–H and O–H groups in total. The van der Waals surface area contributed by atoms with Gasteiger partial charge in [-0.3, -0.25) is 4.79 Å². The molecular weight excluding hydrogens is 274 g/mol. The third-order valence-corrected chi connectivity index (χ3v) is 2.99. The van der Waals surface area contributed by atoms with E-state index < -0.39 is 18.0 Å². The standard InChI is InChI=1S/C15H15NO5/c1-20-15(19)10-4-2-9(3-5-10)13-7-6-11(21-13)8-12(16)14(17)18/h2-7,12H,8,16H2,1H3,(H,17,18). The third kappa shape index (κ3) is 3.49. The Kier molecular flexibility index (Phi) is 4.39. The van der Waals surface area contributed by atoms with E-state index in [1.54, 1.807) is 36.4 Å². The summed E-state index contributed by atoms with van der Waals surface area (Å²) >= 11 is 0. The van der Waals surface area contributed by atoms with Crippen LogP contribution >= 0.6 is 0 Å². The Hall–Kier alpha value is -2.60. The van der Waals surface area contributed by atoms with Crippen LogP contribution in [-0.4, -0.2) is 30.2 Å². The van der Waals surface area contributed by atoms with Crippen LogP contribution in [-0.2, 0) is 16.0 Å². The number of carboxylic acids is 1. The number of rotatable bonds is 5. The summed E-state index contributed by atoms with van der Waals surface area (Å²) in [5.41, 5.74) is 6.68. The van der Waals surface area contributed by atoms with Gasteiger partial charge in [0.05, 0.1) is 12.7 Å². The van der Waals surface area contributed by atoms with E-state index in [4.69, 9.17) is 15.3 Å². The number of hydrogen-bond acceptors (Lipinski definition) is 5. The van der Waals surface area contributed by atoms with Crippen molar-refractivity contribution in [2.45, 2.75) is 12.5 Å². The maximum absolute atomic E-state index is 11.3. The zero-order chi connectivity index (χ0) is 15.4. The van der Waals surface area contributed by atoms with Crippen molar-refractivity contribution in [1.82, 2.24) is 0 Å². The van der Waals surface area contributed by atoms with Crippen LogP contribution in [0.1, 0.15) is 16.1 Å². The largest absolute Gasteiger partial charge is 0.480 e. The number of carbonyl (C=O) groups excluding carboxylic acids is 1. The molecule has 1 heterocycles. The molecule has 0 radical (unpaired) electrons. The Bertz CT molecular complexity index is 644. The van der Waals surface area contributed by atoms with Gasteiger partial charge in [-0.1, -0.05) is 12.1 Å². The van der Waals surface area contributed by atoms with Gasteiger partial charge in [0, 0.05) is 12.0 Å². The van der Waals surface area contributed by atoms with Crippen LogP contribution in [0.25, 0.3) is 11.3 Å². The summed E-state index contributed by atoms with van der Waals surface area (Å²) in [6.45, 7) is 0. The lowest BCUT2D eigenvalue weighted by Crippen LogP contribution is -2.32. The highest BCUT2D eigenvalue weighted by Gasteiger charge is 2.15. The number of carbonyl (C=O) groups is 2. The molecule has 21 heavy (non-hydrogen) atoms. The van der Waals surface area contributed by atoms with E-state index in [0.29, 0.717) is 17.1 Å². The minimum Gasteiger partial charge on any atom is -0.480 e. The third-order valence-electron chi connectivity index (χ3n) is 2.99. The smallest absolute Gasteiger partial charge is 0.337 e. The van der Waals surface area contributed by atoms with E-state index in [9.17, 15) is 9.59 Å². The molecule has 0 saturated heterocycles. The van der Waals surface area contributed by atoms with Crippen molar-refractivity contribution < 1.29 is 23.8 Å². The van der Waals surface area contributed by atoms with Crippen LogP contribution in [0.4, 0.5) is 0 Å². The zero-order valence-electron chi connectivity index (χ0n) is 11.4. The number of benzene rings is 1. The molecule has 110 valence electrons. The Morgan fingerprint density at radius 2 is 1.90 bits per heavy atom. The lowest BCUT2D eigenvalue weighted by atomic mass is 10.1. The molecule has 0 fully saturated rings. The molecule has 2 aromatic rings. The van der Waals surface area contributed by atoms with Crippen molar-refractivity contribution in [3.05, 3.63) is 47.7 Å². The first-order valence-corrected chi connectivity index (χ1v) is 6.27. The number of carboxylic acid groups (broad SMARTS) is 1. The van der Waals surface area contributed by atoms with Gasteiger partial charge >= 0.3 is 11.9 Å². The Morgan fingerprint density at radius 3 is 2.48 bits per heavy atom. The number of nitrogens with two attached hydrogens (primary N) is 1. The minimum absolute atomic E-state index is 0.121. The van der Waals surface area contributed by atoms with Gasteiger partial charge in [-0.15, -0.1) is 0 Å². The SMILES string of the molecule is COC(=O)c1ccc(-c2ccc(CC(N)C(=O)O)o2)cc1. The maximum atomic E-state index is 11.3. The van der Waals surface area contributed by atoms with Crippen molar-refractivity contribution in [3.8, 4) is 11.3 Å². The fourth-order valence-corrected chi connectivity index (χ4v) is 1.84. The minimum atomic E-state index is -1.07. The van der Waals surface area contributed by atoms with E-state index in [1.807, 2.05) is 0 Å². The molecule has 1 aromatic heterocycles. The van der Waals surface area contributed by atoms with E-state index in [-0.39, 0.29) is 6.42 Å². The molecule has 6 nitrogen and oxygen atoms in total. The molecule has 1 aromatic carbocycles. The molecule has 0 amide bonds. The molecule has 0 aliphatic heterocycles. The molecule has 2 rings (SSSR count).